The summed E-state index contributed by atoms with van der Waals surface area (Å²) in [5.41, 5.74) is -0.607. The zero-order chi connectivity index (χ0) is 12.4. The molecule has 1 aromatic rings. The first-order valence-electron chi connectivity index (χ1n) is 3.93. The van der Waals surface area contributed by atoms with Crippen molar-refractivity contribution < 1.29 is 26.5 Å². The Morgan fingerprint density at radius 2 is 1.69 bits per heavy atom. The third kappa shape index (κ3) is 2.01. The van der Waals surface area contributed by atoms with Crippen LogP contribution in [0, 0.1) is 0 Å². The van der Waals surface area contributed by atoms with E-state index in [2.05, 4.69) is 0 Å². The van der Waals surface area contributed by atoms with Crippen LogP contribution in [0.2, 0.25) is 0 Å². The smallest absolute Gasteiger partial charge is 0.295 e. The molecule has 16 heavy (non-hydrogen) atoms. The molecule has 0 amide bonds. The number of rotatable bonds is 4. The Kier molecular flexibility index (Phi) is 3.22. The average Bonchev–Trinajstić information content (AvgIpc) is 2.29. The Morgan fingerprint density at radius 3 is 2.12 bits per heavy atom. The van der Waals surface area contributed by atoms with Gasteiger partial charge in [0, 0.05) is 0 Å². The average molecular weight is 253 g/mol. The molecule has 0 spiro atoms. The van der Waals surface area contributed by atoms with E-state index in [4.69, 9.17) is 0 Å². The van der Waals surface area contributed by atoms with Crippen molar-refractivity contribution in [1.29, 1.82) is 0 Å². The van der Waals surface area contributed by atoms with Crippen LogP contribution in [0.5, 0.6) is 0 Å². The molecule has 4 nitrogen and oxygen atoms in total. The van der Waals surface area contributed by atoms with Crippen molar-refractivity contribution in [2.24, 2.45) is 0 Å². The van der Waals surface area contributed by atoms with E-state index in [9.17, 15) is 26.5 Å². The molecular formula is C8H6F3NO3S. The number of carbonyl (C=O) groups is 1. The van der Waals surface area contributed by atoms with Crippen LogP contribution in [0.25, 0.3) is 0 Å². The molecule has 0 heterocycles. The van der Waals surface area contributed by atoms with E-state index in [1.807, 2.05) is 0 Å². The van der Waals surface area contributed by atoms with E-state index in [0.717, 1.165) is 12.1 Å². The lowest BCUT2D eigenvalue weighted by Gasteiger charge is -2.17. The van der Waals surface area contributed by atoms with Gasteiger partial charge in [-0.1, -0.05) is 27.2 Å². The summed E-state index contributed by atoms with van der Waals surface area (Å²) in [5, 5.41) is -4.79. The third-order valence-corrected chi connectivity index (χ3v) is 3.07. The minimum Gasteiger partial charge on any atom is -0.295 e. The summed E-state index contributed by atoms with van der Waals surface area (Å²) >= 11 is 0. The lowest BCUT2D eigenvalue weighted by Crippen LogP contribution is -2.40. The van der Waals surface area contributed by atoms with Crippen molar-refractivity contribution >= 4 is 22.0 Å². The molecule has 0 radical (unpaired) electrons. The van der Waals surface area contributed by atoms with E-state index in [1.54, 1.807) is 0 Å². The standard InChI is InChI=1S/C8H6F3NO3S/c9-8(10,6-13)16(14,15)12(11)7-4-2-1-3-5-7/h1-6H. The molecule has 0 bridgehead atoms. The lowest BCUT2D eigenvalue weighted by atomic mass is 10.3. The Hall–Kier alpha value is -1.57. The largest absolute Gasteiger partial charge is 0.420 e. The van der Waals surface area contributed by atoms with Gasteiger partial charge in [-0.05, 0) is 12.1 Å². The number of anilines is 1. The number of halogens is 3. The van der Waals surface area contributed by atoms with Gasteiger partial charge in [0.1, 0.15) is 0 Å². The highest BCUT2D eigenvalue weighted by Gasteiger charge is 2.50. The SMILES string of the molecule is O=CC(F)(F)S(=O)(=O)N(F)c1ccccc1. The molecule has 0 N–H and O–H groups in total. The summed E-state index contributed by atoms with van der Waals surface area (Å²) in [6.07, 6.45) is -1.13. The second kappa shape index (κ2) is 4.12. The topological polar surface area (TPSA) is 54.5 Å². The first kappa shape index (κ1) is 12.5. The summed E-state index contributed by atoms with van der Waals surface area (Å²) < 4.78 is 59.2. The Morgan fingerprint density at radius 1 is 1.19 bits per heavy atom. The molecule has 0 fully saturated rings. The van der Waals surface area contributed by atoms with E-state index >= 15 is 0 Å². The number of hydrogen-bond acceptors (Lipinski definition) is 3. The van der Waals surface area contributed by atoms with E-state index in [0.29, 0.717) is 0 Å². The zero-order valence-corrected chi connectivity index (χ0v) is 8.49. The number of para-hydroxylation sites is 1. The maximum Gasteiger partial charge on any atom is 0.420 e. The molecule has 0 unspecified atom stereocenters. The summed E-state index contributed by atoms with van der Waals surface area (Å²) in [5.74, 6) is 0. The number of sulfonamides is 1. The Bertz CT molecular complexity index is 475. The molecule has 1 rings (SSSR count). The van der Waals surface area contributed by atoms with Crippen LogP contribution in [0.15, 0.2) is 30.3 Å². The molecule has 0 saturated heterocycles. The predicted molar refractivity (Wildman–Crippen MR) is 50.0 cm³/mol. The molecule has 0 aliphatic carbocycles. The summed E-state index contributed by atoms with van der Waals surface area (Å²) in [6.45, 7) is 0. The normalized spacial score (nSPS) is 12.2. The molecule has 0 aliphatic rings. The van der Waals surface area contributed by atoms with E-state index in [-0.39, 0.29) is 0 Å². The number of hydrogen-bond donors (Lipinski definition) is 0. The summed E-state index contributed by atoms with van der Waals surface area (Å²) in [4.78, 5) is 9.89. The zero-order valence-electron chi connectivity index (χ0n) is 7.68. The van der Waals surface area contributed by atoms with Gasteiger partial charge in [0.15, 0.2) is 0 Å². The molecule has 8 heteroatoms. The Labute approximate surface area is 89.3 Å². The van der Waals surface area contributed by atoms with Gasteiger partial charge in [-0.2, -0.15) is 17.2 Å². The maximum atomic E-state index is 13.2. The molecule has 1 aromatic carbocycles. The quantitative estimate of drug-likeness (QED) is 0.603. The first-order chi connectivity index (χ1) is 7.33. The minimum absolute atomic E-state index is 0.607. The van der Waals surface area contributed by atoms with Gasteiger partial charge in [-0.25, -0.2) is 0 Å². The number of carbonyl (C=O) groups excluding carboxylic acids is 1. The lowest BCUT2D eigenvalue weighted by molar-refractivity contribution is -0.120. The highest BCUT2D eigenvalue weighted by molar-refractivity contribution is 7.94. The summed E-state index contributed by atoms with van der Waals surface area (Å²) in [7, 11) is -5.68. The van der Waals surface area contributed by atoms with Crippen molar-refractivity contribution in [3.8, 4) is 0 Å². The molecule has 0 aromatic heterocycles. The Balaban J connectivity index is 3.17. The van der Waals surface area contributed by atoms with Crippen LogP contribution in [0.3, 0.4) is 0 Å². The van der Waals surface area contributed by atoms with Crippen LogP contribution < -0.4 is 4.53 Å². The molecule has 88 valence electrons. The number of alkyl halides is 2. The van der Waals surface area contributed by atoms with Crippen molar-refractivity contribution in [2.75, 3.05) is 4.53 Å². The predicted octanol–water partition coefficient (Wildman–Crippen LogP) is 1.50. The van der Waals surface area contributed by atoms with E-state index < -0.39 is 31.8 Å². The van der Waals surface area contributed by atoms with Crippen LogP contribution in [0.1, 0.15) is 0 Å². The van der Waals surface area contributed by atoms with Gasteiger partial charge < -0.3 is 0 Å². The molecule has 0 saturated carbocycles. The van der Waals surface area contributed by atoms with Crippen LogP contribution in [-0.4, -0.2) is 20.0 Å². The first-order valence-corrected chi connectivity index (χ1v) is 5.37. The second-order valence-electron chi connectivity index (χ2n) is 2.74. The van der Waals surface area contributed by atoms with Crippen molar-refractivity contribution in [1.82, 2.24) is 0 Å². The second-order valence-corrected chi connectivity index (χ2v) is 4.55. The van der Waals surface area contributed by atoms with Crippen LogP contribution in [-0.2, 0) is 14.8 Å². The molecule has 0 atom stereocenters. The van der Waals surface area contributed by atoms with Crippen LogP contribution in [0.4, 0.5) is 18.9 Å². The number of benzene rings is 1. The van der Waals surface area contributed by atoms with Crippen molar-refractivity contribution in [3.63, 3.8) is 0 Å². The van der Waals surface area contributed by atoms with Gasteiger partial charge >= 0.3 is 15.3 Å². The van der Waals surface area contributed by atoms with Gasteiger partial charge in [0.2, 0.25) is 6.29 Å². The fourth-order valence-corrected chi connectivity index (χ4v) is 1.59. The molecule has 0 aliphatic heterocycles. The van der Waals surface area contributed by atoms with Gasteiger partial charge in [0.05, 0.1) is 5.69 Å². The van der Waals surface area contributed by atoms with Crippen LogP contribution >= 0.6 is 0 Å². The fourth-order valence-electron chi connectivity index (χ4n) is 0.852. The highest BCUT2D eigenvalue weighted by atomic mass is 32.2. The monoisotopic (exact) mass is 253 g/mol. The van der Waals surface area contributed by atoms with Gasteiger partial charge in [-0.3, -0.25) is 4.79 Å². The van der Waals surface area contributed by atoms with Crippen molar-refractivity contribution in [2.45, 2.75) is 5.25 Å². The third-order valence-electron chi connectivity index (χ3n) is 1.65. The highest BCUT2D eigenvalue weighted by Crippen LogP contribution is 2.28. The number of nitrogens with zero attached hydrogens (tertiary/aromatic N) is 1. The van der Waals surface area contributed by atoms with Gasteiger partial charge in [-0.15, -0.1) is 0 Å². The minimum atomic E-state index is -5.68. The fraction of sp³-hybridized carbons (Fsp3) is 0.125. The van der Waals surface area contributed by atoms with Crippen molar-refractivity contribution in [3.05, 3.63) is 30.3 Å². The molecular weight excluding hydrogens is 247 g/mol. The van der Waals surface area contributed by atoms with Gasteiger partial charge in [0.25, 0.3) is 0 Å². The maximum absolute atomic E-state index is 13.2. The number of aldehydes is 1. The van der Waals surface area contributed by atoms with E-state index in [1.165, 1.54) is 18.2 Å². The summed E-state index contributed by atoms with van der Waals surface area (Å²) in [6, 6.07) is 5.91.